The second kappa shape index (κ2) is 4.14. The maximum Gasteiger partial charge on any atom is 0.179 e. The molecule has 0 aliphatic rings. The quantitative estimate of drug-likeness (QED) is 0.763. The number of aromatic nitrogens is 2. The first-order valence-electron chi connectivity index (χ1n) is 4.75. The topological polar surface area (TPSA) is 52.5 Å². The van der Waals surface area contributed by atoms with E-state index in [0.29, 0.717) is 13.2 Å². The van der Waals surface area contributed by atoms with Crippen LogP contribution in [-0.4, -0.2) is 16.0 Å². The molecular formula is C11H13N3O. The molecule has 2 N–H and O–H groups in total. The van der Waals surface area contributed by atoms with Crippen molar-refractivity contribution in [2.24, 2.45) is 5.73 Å². The molecule has 0 bridgehead atoms. The number of pyridine rings is 1. The summed E-state index contributed by atoms with van der Waals surface area (Å²) in [6.45, 7) is 4.55. The fourth-order valence-electron chi connectivity index (χ4n) is 1.45. The van der Waals surface area contributed by atoms with Gasteiger partial charge in [0.1, 0.15) is 6.61 Å². The number of nitrogens with two attached hydrogens (primary N) is 1. The molecule has 0 aliphatic heterocycles. The number of nitrogens with zero attached hydrogens (tertiary/aromatic N) is 2. The fourth-order valence-corrected chi connectivity index (χ4v) is 1.45. The highest BCUT2D eigenvalue weighted by Gasteiger charge is 2.06. The standard InChI is InChI=1S/C11H13N3O/c1-2-6-15-10-4-3-5-14-9(7-12)8-13-11(10)14/h2-5,8H,1,6-7,12H2. The summed E-state index contributed by atoms with van der Waals surface area (Å²) in [6.07, 6.45) is 5.39. The monoisotopic (exact) mass is 203 g/mol. The van der Waals surface area contributed by atoms with Crippen molar-refractivity contribution in [1.29, 1.82) is 0 Å². The average Bonchev–Trinajstić information content (AvgIpc) is 2.69. The van der Waals surface area contributed by atoms with Gasteiger partial charge in [-0.3, -0.25) is 4.40 Å². The van der Waals surface area contributed by atoms with Crippen molar-refractivity contribution >= 4 is 5.65 Å². The van der Waals surface area contributed by atoms with E-state index in [-0.39, 0.29) is 0 Å². The lowest BCUT2D eigenvalue weighted by molar-refractivity contribution is 0.365. The van der Waals surface area contributed by atoms with E-state index in [1.54, 1.807) is 12.3 Å². The number of rotatable bonds is 4. The molecule has 0 saturated heterocycles. The molecule has 0 spiro atoms. The van der Waals surface area contributed by atoms with Crippen LogP contribution in [-0.2, 0) is 6.54 Å². The molecule has 2 rings (SSSR count). The van der Waals surface area contributed by atoms with Crippen LogP contribution in [0.1, 0.15) is 5.69 Å². The van der Waals surface area contributed by atoms with E-state index in [0.717, 1.165) is 17.1 Å². The molecule has 2 aromatic heterocycles. The molecule has 15 heavy (non-hydrogen) atoms. The summed E-state index contributed by atoms with van der Waals surface area (Å²) >= 11 is 0. The Morgan fingerprint density at radius 3 is 3.20 bits per heavy atom. The van der Waals surface area contributed by atoms with Crippen molar-refractivity contribution in [2.45, 2.75) is 6.54 Å². The highest BCUT2D eigenvalue weighted by atomic mass is 16.5. The van der Waals surface area contributed by atoms with Crippen molar-refractivity contribution < 1.29 is 4.74 Å². The minimum Gasteiger partial charge on any atom is -0.486 e. The maximum absolute atomic E-state index is 5.59. The van der Waals surface area contributed by atoms with E-state index < -0.39 is 0 Å². The SMILES string of the molecule is C=CCOc1cccn2c(CN)cnc12. The smallest absolute Gasteiger partial charge is 0.179 e. The van der Waals surface area contributed by atoms with Crippen LogP contribution in [0.25, 0.3) is 5.65 Å². The lowest BCUT2D eigenvalue weighted by atomic mass is 10.4. The minimum atomic E-state index is 0.464. The Bertz CT molecular complexity index is 476. The lowest BCUT2D eigenvalue weighted by Gasteiger charge is -2.05. The van der Waals surface area contributed by atoms with Gasteiger partial charge in [0, 0.05) is 12.7 Å². The number of imidazole rings is 1. The average molecular weight is 203 g/mol. The molecule has 0 unspecified atom stereocenters. The third kappa shape index (κ3) is 1.71. The molecule has 0 saturated carbocycles. The Hall–Kier alpha value is -1.81. The van der Waals surface area contributed by atoms with Crippen LogP contribution < -0.4 is 10.5 Å². The summed E-state index contributed by atoms with van der Waals surface area (Å²) in [5.41, 5.74) is 7.35. The summed E-state index contributed by atoms with van der Waals surface area (Å²) in [5, 5.41) is 0. The highest BCUT2D eigenvalue weighted by molar-refractivity contribution is 5.54. The Morgan fingerprint density at radius 1 is 1.60 bits per heavy atom. The van der Waals surface area contributed by atoms with Gasteiger partial charge in [-0.05, 0) is 12.1 Å². The largest absolute Gasteiger partial charge is 0.486 e. The van der Waals surface area contributed by atoms with Gasteiger partial charge in [-0.25, -0.2) is 4.98 Å². The van der Waals surface area contributed by atoms with Crippen molar-refractivity contribution in [3.05, 3.63) is 42.9 Å². The summed E-state index contributed by atoms with van der Waals surface area (Å²) in [4.78, 5) is 4.27. The van der Waals surface area contributed by atoms with E-state index in [1.165, 1.54) is 0 Å². The summed E-state index contributed by atoms with van der Waals surface area (Å²) in [6, 6.07) is 3.79. The van der Waals surface area contributed by atoms with Crippen LogP contribution in [0.5, 0.6) is 5.75 Å². The van der Waals surface area contributed by atoms with Crippen LogP contribution in [0.15, 0.2) is 37.2 Å². The number of hydrogen-bond acceptors (Lipinski definition) is 3. The number of hydrogen-bond donors (Lipinski definition) is 1. The van der Waals surface area contributed by atoms with Crippen LogP contribution in [0.4, 0.5) is 0 Å². The molecule has 0 fully saturated rings. The maximum atomic E-state index is 5.59. The molecule has 0 aliphatic carbocycles. The second-order valence-electron chi connectivity index (χ2n) is 3.12. The Morgan fingerprint density at radius 2 is 2.47 bits per heavy atom. The lowest BCUT2D eigenvalue weighted by Crippen LogP contribution is -2.01. The second-order valence-corrected chi connectivity index (χ2v) is 3.12. The van der Waals surface area contributed by atoms with E-state index in [1.807, 2.05) is 22.7 Å². The molecule has 78 valence electrons. The van der Waals surface area contributed by atoms with Gasteiger partial charge in [0.2, 0.25) is 0 Å². The molecule has 2 heterocycles. The van der Waals surface area contributed by atoms with E-state index in [4.69, 9.17) is 10.5 Å². The van der Waals surface area contributed by atoms with Crippen molar-refractivity contribution in [3.63, 3.8) is 0 Å². The van der Waals surface area contributed by atoms with Crippen molar-refractivity contribution in [2.75, 3.05) is 6.61 Å². The molecule has 2 aromatic rings. The molecule has 0 amide bonds. The van der Waals surface area contributed by atoms with E-state index >= 15 is 0 Å². The molecule has 4 nitrogen and oxygen atoms in total. The number of fused-ring (bicyclic) bond motifs is 1. The summed E-state index contributed by atoms with van der Waals surface area (Å²) < 4.78 is 7.41. The first kappa shape index (κ1) is 9.73. The van der Waals surface area contributed by atoms with Gasteiger partial charge in [0.05, 0.1) is 11.9 Å². The van der Waals surface area contributed by atoms with Gasteiger partial charge in [-0.15, -0.1) is 0 Å². The van der Waals surface area contributed by atoms with Gasteiger partial charge in [0.25, 0.3) is 0 Å². The zero-order valence-electron chi connectivity index (χ0n) is 8.39. The number of ether oxygens (including phenoxy) is 1. The van der Waals surface area contributed by atoms with Gasteiger partial charge in [0.15, 0.2) is 11.4 Å². The molecule has 0 radical (unpaired) electrons. The Labute approximate surface area is 88.0 Å². The summed E-state index contributed by atoms with van der Waals surface area (Å²) in [7, 11) is 0. The first-order chi connectivity index (χ1) is 7.36. The van der Waals surface area contributed by atoms with Crippen LogP contribution in [0.2, 0.25) is 0 Å². The molecule has 0 aromatic carbocycles. The van der Waals surface area contributed by atoms with Gasteiger partial charge >= 0.3 is 0 Å². The van der Waals surface area contributed by atoms with Crippen LogP contribution in [0.3, 0.4) is 0 Å². The normalized spacial score (nSPS) is 10.5. The third-order valence-electron chi connectivity index (χ3n) is 2.14. The third-order valence-corrected chi connectivity index (χ3v) is 2.14. The minimum absolute atomic E-state index is 0.464. The first-order valence-corrected chi connectivity index (χ1v) is 4.75. The zero-order chi connectivity index (χ0) is 10.7. The Balaban J connectivity index is 2.47. The van der Waals surface area contributed by atoms with E-state index in [2.05, 4.69) is 11.6 Å². The molecule has 4 heteroatoms. The van der Waals surface area contributed by atoms with E-state index in [9.17, 15) is 0 Å². The van der Waals surface area contributed by atoms with Crippen LogP contribution in [0, 0.1) is 0 Å². The highest BCUT2D eigenvalue weighted by Crippen LogP contribution is 2.19. The molecular weight excluding hydrogens is 190 g/mol. The van der Waals surface area contributed by atoms with Crippen molar-refractivity contribution in [3.8, 4) is 5.75 Å². The molecule has 0 atom stereocenters. The predicted molar refractivity (Wildman–Crippen MR) is 58.8 cm³/mol. The Kier molecular flexibility index (Phi) is 2.69. The van der Waals surface area contributed by atoms with Crippen molar-refractivity contribution in [1.82, 2.24) is 9.38 Å². The van der Waals surface area contributed by atoms with Gasteiger partial charge in [-0.2, -0.15) is 0 Å². The predicted octanol–water partition coefficient (Wildman–Crippen LogP) is 1.36. The van der Waals surface area contributed by atoms with Crippen LogP contribution >= 0.6 is 0 Å². The fraction of sp³-hybridized carbons (Fsp3) is 0.182. The summed E-state index contributed by atoms with van der Waals surface area (Å²) in [5.74, 6) is 0.747. The van der Waals surface area contributed by atoms with Gasteiger partial charge < -0.3 is 10.5 Å². The van der Waals surface area contributed by atoms with Gasteiger partial charge in [-0.1, -0.05) is 12.7 Å². The zero-order valence-corrected chi connectivity index (χ0v) is 8.39.